The Bertz CT molecular complexity index is 665. The van der Waals surface area contributed by atoms with Gasteiger partial charge in [-0.15, -0.1) is 11.3 Å². The van der Waals surface area contributed by atoms with Gasteiger partial charge in [0, 0.05) is 18.9 Å². The van der Waals surface area contributed by atoms with Crippen molar-refractivity contribution in [3.05, 3.63) is 29.9 Å². The normalized spacial score (nSPS) is 10.7. The highest BCUT2D eigenvalue weighted by Crippen LogP contribution is 2.27. The first-order chi connectivity index (χ1) is 8.88. The number of nitrogens with zero attached hydrogens (tertiary/aromatic N) is 4. The summed E-state index contributed by atoms with van der Waals surface area (Å²) < 4.78 is 0. The minimum atomic E-state index is 0.548. The molecule has 0 aliphatic carbocycles. The maximum absolute atomic E-state index is 4.49. The second-order valence-electron chi connectivity index (χ2n) is 3.64. The van der Waals surface area contributed by atoms with E-state index in [-0.39, 0.29) is 0 Å². The van der Waals surface area contributed by atoms with E-state index in [1.807, 2.05) is 18.4 Å². The standard InChI is InChI=1S/C12H11N5S/c1-2-13-9-8-4-7-18-12(8)17-11(16-9)10-14-5-3-6-15-10/h3-7H,2H2,1H3,(H,13,16,17). The molecule has 0 amide bonds. The van der Waals surface area contributed by atoms with Gasteiger partial charge in [-0.1, -0.05) is 0 Å². The molecule has 3 heterocycles. The second kappa shape index (κ2) is 4.66. The predicted molar refractivity (Wildman–Crippen MR) is 72.6 cm³/mol. The Hall–Kier alpha value is -2.08. The average molecular weight is 257 g/mol. The molecule has 0 aliphatic heterocycles. The molecule has 90 valence electrons. The van der Waals surface area contributed by atoms with Gasteiger partial charge >= 0.3 is 0 Å². The molecule has 0 aromatic carbocycles. The molecular formula is C12H11N5S. The molecule has 0 radical (unpaired) electrons. The molecular weight excluding hydrogens is 246 g/mol. The molecule has 1 N–H and O–H groups in total. The van der Waals surface area contributed by atoms with Gasteiger partial charge in [0.25, 0.3) is 0 Å². The van der Waals surface area contributed by atoms with Gasteiger partial charge in [-0.25, -0.2) is 19.9 Å². The third kappa shape index (κ3) is 1.91. The topological polar surface area (TPSA) is 63.6 Å². The average Bonchev–Trinajstić information content (AvgIpc) is 2.88. The Morgan fingerprint density at radius 3 is 2.78 bits per heavy atom. The van der Waals surface area contributed by atoms with Crippen LogP contribution >= 0.6 is 11.3 Å². The molecule has 3 rings (SSSR count). The molecule has 18 heavy (non-hydrogen) atoms. The van der Waals surface area contributed by atoms with Crippen molar-refractivity contribution < 1.29 is 0 Å². The summed E-state index contributed by atoms with van der Waals surface area (Å²) in [5, 5.41) is 6.30. The fraction of sp³-hybridized carbons (Fsp3) is 0.167. The van der Waals surface area contributed by atoms with Crippen molar-refractivity contribution >= 4 is 27.4 Å². The number of aromatic nitrogens is 4. The molecule has 0 saturated heterocycles. The van der Waals surface area contributed by atoms with Crippen molar-refractivity contribution in [3.8, 4) is 11.6 Å². The summed E-state index contributed by atoms with van der Waals surface area (Å²) >= 11 is 1.59. The van der Waals surface area contributed by atoms with E-state index in [1.165, 1.54) is 0 Å². The number of nitrogens with one attached hydrogen (secondary N) is 1. The van der Waals surface area contributed by atoms with Crippen LogP contribution in [-0.2, 0) is 0 Å². The summed E-state index contributed by atoms with van der Waals surface area (Å²) in [6, 6.07) is 3.80. The first-order valence-electron chi connectivity index (χ1n) is 5.65. The van der Waals surface area contributed by atoms with Crippen LogP contribution in [0.4, 0.5) is 5.82 Å². The zero-order valence-electron chi connectivity index (χ0n) is 9.79. The van der Waals surface area contributed by atoms with Crippen LogP contribution in [-0.4, -0.2) is 26.5 Å². The van der Waals surface area contributed by atoms with Crippen LogP contribution in [0.25, 0.3) is 21.9 Å². The highest BCUT2D eigenvalue weighted by molar-refractivity contribution is 7.16. The number of hydrogen-bond acceptors (Lipinski definition) is 6. The van der Waals surface area contributed by atoms with Gasteiger partial charge in [0.2, 0.25) is 5.82 Å². The van der Waals surface area contributed by atoms with Gasteiger partial charge in [0.1, 0.15) is 10.6 Å². The van der Waals surface area contributed by atoms with Crippen molar-refractivity contribution in [2.45, 2.75) is 6.92 Å². The predicted octanol–water partition coefficient (Wildman–Crippen LogP) is 2.58. The Balaban J connectivity index is 2.19. The van der Waals surface area contributed by atoms with Gasteiger partial charge < -0.3 is 5.32 Å². The molecule has 0 spiro atoms. The molecule has 0 aliphatic rings. The molecule has 0 fully saturated rings. The fourth-order valence-electron chi connectivity index (χ4n) is 1.67. The third-order valence-corrected chi connectivity index (χ3v) is 3.24. The van der Waals surface area contributed by atoms with Gasteiger partial charge in [-0.2, -0.15) is 0 Å². The summed E-state index contributed by atoms with van der Waals surface area (Å²) in [6.07, 6.45) is 3.38. The van der Waals surface area contributed by atoms with Crippen LogP contribution in [0.5, 0.6) is 0 Å². The van der Waals surface area contributed by atoms with Gasteiger partial charge in [-0.05, 0) is 24.4 Å². The monoisotopic (exact) mass is 257 g/mol. The molecule has 6 heteroatoms. The zero-order chi connectivity index (χ0) is 12.4. The second-order valence-corrected chi connectivity index (χ2v) is 4.53. The SMILES string of the molecule is CCNc1nc(-c2ncccn2)nc2sccc12. The molecule has 0 unspecified atom stereocenters. The van der Waals surface area contributed by atoms with Crippen LogP contribution in [0, 0.1) is 0 Å². The highest BCUT2D eigenvalue weighted by Gasteiger charge is 2.11. The van der Waals surface area contributed by atoms with Crippen LogP contribution in [0.15, 0.2) is 29.9 Å². The fourth-order valence-corrected chi connectivity index (χ4v) is 2.44. The number of thiophene rings is 1. The van der Waals surface area contributed by atoms with E-state index in [0.29, 0.717) is 11.6 Å². The van der Waals surface area contributed by atoms with E-state index in [0.717, 1.165) is 22.6 Å². The lowest BCUT2D eigenvalue weighted by molar-refractivity contribution is 1.09. The minimum absolute atomic E-state index is 0.548. The quantitative estimate of drug-likeness (QED) is 0.781. The van der Waals surface area contributed by atoms with E-state index in [4.69, 9.17) is 0 Å². The summed E-state index contributed by atoms with van der Waals surface area (Å²) in [7, 11) is 0. The van der Waals surface area contributed by atoms with Crippen LogP contribution in [0.2, 0.25) is 0 Å². The molecule has 3 aromatic rings. The van der Waals surface area contributed by atoms with Crippen LogP contribution < -0.4 is 5.32 Å². The maximum Gasteiger partial charge on any atom is 0.201 e. The number of rotatable bonds is 3. The number of fused-ring (bicyclic) bond motifs is 1. The van der Waals surface area contributed by atoms with Crippen LogP contribution in [0.3, 0.4) is 0 Å². The van der Waals surface area contributed by atoms with Gasteiger partial charge in [0.05, 0.1) is 5.39 Å². The molecule has 0 bridgehead atoms. The smallest absolute Gasteiger partial charge is 0.201 e. The van der Waals surface area contributed by atoms with E-state index in [1.54, 1.807) is 29.8 Å². The Morgan fingerprint density at radius 2 is 2.00 bits per heavy atom. The third-order valence-electron chi connectivity index (χ3n) is 2.44. The largest absolute Gasteiger partial charge is 0.370 e. The Morgan fingerprint density at radius 1 is 1.17 bits per heavy atom. The first-order valence-corrected chi connectivity index (χ1v) is 6.53. The summed E-state index contributed by atoms with van der Waals surface area (Å²) in [5.74, 6) is 1.94. The van der Waals surface area contributed by atoms with E-state index >= 15 is 0 Å². The lowest BCUT2D eigenvalue weighted by Crippen LogP contribution is -2.03. The van der Waals surface area contributed by atoms with Crippen LogP contribution in [0.1, 0.15) is 6.92 Å². The van der Waals surface area contributed by atoms with E-state index < -0.39 is 0 Å². The summed E-state index contributed by atoms with van der Waals surface area (Å²) in [5.41, 5.74) is 0. The van der Waals surface area contributed by atoms with Crippen molar-refractivity contribution in [3.63, 3.8) is 0 Å². The van der Waals surface area contributed by atoms with Gasteiger partial charge in [-0.3, -0.25) is 0 Å². The number of hydrogen-bond donors (Lipinski definition) is 1. The highest BCUT2D eigenvalue weighted by atomic mass is 32.1. The molecule has 0 atom stereocenters. The Labute approximate surface area is 108 Å². The molecule has 5 nitrogen and oxygen atoms in total. The minimum Gasteiger partial charge on any atom is -0.370 e. The summed E-state index contributed by atoms with van der Waals surface area (Å²) in [6.45, 7) is 2.86. The summed E-state index contributed by atoms with van der Waals surface area (Å²) in [4.78, 5) is 18.3. The van der Waals surface area contributed by atoms with Crippen molar-refractivity contribution in [1.29, 1.82) is 0 Å². The van der Waals surface area contributed by atoms with Gasteiger partial charge in [0.15, 0.2) is 5.82 Å². The van der Waals surface area contributed by atoms with E-state index in [2.05, 4.69) is 25.3 Å². The lowest BCUT2D eigenvalue weighted by Gasteiger charge is -2.05. The molecule has 0 saturated carbocycles. The lowest BCUT2D eigenvalue weighted by atomic mass is 10.3. The Kier molecular flexibility index (Phi) is 2.85. The first kappa shape index (κ1) is 11.0. The maximum atomic E-state index is 4.49. The van der Waals surface area contributed by atoms with Crippen molar-refractivity contribution in [2.75, 3.05) is 11.9 Å². The van der Waals surface area contributed by atoms with Crippen molar-refractivity contribution in [1.82, 2.24) is 19.9 Å². The number of anilines is 1. The molecule has 3 aromatic heterocycles. The van der Waals surface area contributed by atoms with E-state index in [9.17, 15) is 0 Å². The zero-order valence-corrected chi connectivity index (χ0v) is 10.6. The van der Waals surface area contributed by atoms with Crippen molar-refractivity contribution in [2.24, 2.45) is 0 Å².